The van der Waals surface area contributed by atoms with Gasteiger partial charge in [-0.2, -0.15) is 0 Å². The number of imide groups is 1. The van der Waals surface area contributed by atoms with Crippen LogP contribution in [-0.4, -0.2) is 30.2 Å². The Morgan fingerprint density at radius 3 is 2.34 bits per heavy atom. The van der Waals surface area contributed by atoms with E-state index in [-0.39, 0.29) is 48.3 Å². The molecule has 0 N–H and O–H groups in total. The van der Waals surface area contributed by atoms with Crippen LogP contribution in [0.4, 0.5) is 11.4 Å². The van der Waals surface area contributed by atoms with E-state index in [4.69, 9.17) is 4.74 Å². The number of nitrogens with zero attached hydrogens (tertiary/aromatic N) is 2. The van der Waals surface area contributed by atoms with Gasteiger partial charge in [0.15, 0.2) is 0 Å². The van der Waals surface area contributed by atoms with Gasteiger partial charge < -0.3 is 9.64 Å². The Morgan fingerprint density at radius 2 is 1.63 bits per heavy atom. The number of ether oxygens (including phenoxy) is 1. The molecule has 35 heavy (non-hydrogen) atoms. The Morgan fingerprint density at radius 1 is 0.943 bits per heavy atom. The molecule has 3 amide bonds. The van der Waals surface area contributed by atoms with E-state index in [1.54, 1.807) is 29.2 Å². The molecule has 7 heteroatoms. The van der Waals surface area contributed by atoms with Crippen LogP contribution < -0.4 is 14.5 Å². The molecule has 2 heterocycles. The number of amides is 3. The van der Waals surface area contributed by atoms with Crippen molar-refractivity contribution in [2.24, 2.45) is 29.6 Å². The van der Waals surface area contributed by atoms with Crippen molar-refractivity contribution in [2.75, 3.05) is 16.3 Å². The van der Waals surface area contributed by atoms with E-state index in [9.17, 15) is 19.2 Å². The second-order valence-corrected chi connectivity index (χ2v) is 10.4. The van der Waals surface area contributed by atoms with Crippen molar-refractivity contribution in [1.29, 1.82) is 0 Å². The van der Waals surface area contributed by atoms with Crippen molar-refractivity contribution in [3.8, 4) is 5.75 Å². The minimum Gasteiger partial charge on any atom is -0.426 e. The molecule has 2 aromatic carbocycles. The average molecular weight is 473 g/mol. The van der Waals surface area contributed by atoms with Crippen molar-refractivity contribution in [3.05, 3.63) is 53.6 Å². The number of hydrogen-bond donors (Lipinski definition) is 0. The summed E-state index contributed by atoms with van der Waals surface area (Å²) >= 11 is 0. The molecule has 4 aliphatic rings. The van der Waals surface area contributed by atoms with Crippen LogP contribution in [0.25, 0.3) is 0 Å². The summed E-state index contributed by atoms with van der Waals surface area (Å²) in [6.45, 7) is 4.22. The van der Waals surface area contributed by atoms with Crippen LogP contribution in [0, 0.1) is 43.4 Å². The van der Waals surface area contributed by atoms with Crippen LogP contribution in [0.1, 0.15) is 36.8 Å². The molecule has 5 atom stereocenters. The van der Waals surface area contributed by atoms with Gasteiger partial charge in [-0.05, 0) is 74.3 Å². The molecular weight excluding hydrogens is 444 g/mol. The van der Waals surface area contributed by atoms with E-state index in [0.717, 1.165) is 36.1 Å². The zero-order valence-corrected chi connectivity index (χ0v) is 19.9. The number of esters is 1. The second-order valence-electron chi connectivity index (χ2n) is 10.4. The van der Waals surface area contributed by atoms with Crippen LogP contribution >= 0.6 is 0 Å². The van der Waals surface area contributed by atoms with Gasteiger partial charge in [-0.25, -0.2) is 4.90 Å². The largest absolute Gasteiger partial charge is 0.426 e. The lowest BCUT2D eigenvalue weighted by Crippen LogP contribution is -2.32. The number of fused-ring (bicyclic) bond motifs is 5. The number of aryl methyl sites for hydroxylation is 1. The third kappa shape index (κ3) is 3.39. The molecule has 0 aromatic heterocycles. The van der Waals surface area contributed by atoms with Crippen molar-refractivity contribution in [2.45, 2.75) is 39.5 Å². The van der Waals surface area contributed by atoms with Crippen molar-refractivity contribution in [3.63, 3.8) is 0 Å². The van der Waals surface area contributed by atoms with E-state index in [1.165, 1.54) is 4.90 Å². The summed E-state index contributed by atoms with van der Waals surface area (Å²) in [7, 11) is 0. The first-order chi connectivity index (χ1) is 16.8. The van der Waals surface area contributed by atoms with Crippen LogP contribution in [0.5, 0.6) is 5.75 Å². The van der Waals surface area contributed by atoms with Gasteiger partial charge >= 0.3 is 5.97 Å². The van der Waals surface area contributed by atoms with Gasteiger partial charge in [-0.3, -0.25) is 19.2 Å². The van der Waals surface area contributed by atoms with Gasteiger partial charge in [0, 0.05) is 24.7 Å². The lowest BCUT2D eigenvalue weighted by Gasteiger charge is -2.20. The number of carbonyl (C=O) groups is 4. The number of rotatable bonds is 4. The average Bonchev–Trinajstić information content (AvgIpc) is 3.59. The van der Waals surface area contributed by atoms with Gasteiger partial charge in [0.1, 0.15) is 5.75 Å². The van der Waals surface area contributed by atoms with E-state index in [1.807, 2.05) is 32.0 Å². The van der Waals surface area contributed by atoms with Crippen LogP contribution in [0.15, 0.2) is 42.5 Å². The summed E-state index contributed by atoms with van der Waals surface area (Å²) in [6, 6.07) is 12.4. The fourth-order valence-electron chi connectivity index (χ4n) is 6.68. The number of carbonyl (C=O) groups excluding carboxylic acids is 4. The summed E-state index contributed by atoms with van der Waals surface area (Å²) in [6.07, 6.45) is 3.11. The minimum absolute atomic E-state index is 0.0845. The predicted molar refractivity (Wildman–Crippen MR) is 129 cm³/mol. The van der Waals surface area contributed by atoms with E-state index >= 15 is 0 Å². The van der Waals surface area contributed by atoms with E-state index < -0.39 is 11.9 Å². The fourth-order valence-corrected chi connectivity index (χ4v) is 6.68. The number of anilines is 2. The minimum atomic E-state index is -0.587. The molecule has 0 radical (unpaired) electrons. The number of hydrogen-bond acceptors (Lipinski definition) is 5. The van der Waals surface area contributed by atoms with Crippen molar-refractivity contribution >= 4 is 35.1 Å². The predicted octanol–water partition coefficient (Wildman–Crippen LogP) is 3.80. The normalized spacial score (nSPS) is 29.3. The van der Waals surface area contributed by atoms with Crippen molar-refractivity contribution in [1.82, 2.24) is 0 Å². The Labute approximate surface area is 204 Å². The summed E-state index contributed by atoms with van der Waals surface area (Å²) in [5, 5.41) is 0. The zero-order chi connectivity index (χ0) is 24.4. The van der Waals surface area contributed by atoms with Gasteiger partial charge in [0.05, 0.1) is 23.4 Å². The third-order valence-corrected chi connectivity index (χ3v) is 8.55. The summed E-state index contributed by atoms with van der Waals surface area (Å²) in [5.41, 5.74) is 3.36. The maximum Gasteiger partial charge on any atom is 0.316 e. The molecule has 2 bridgehead atoms. The number of benzene rings is 2. The SMILES string of the molecule is Cc1cccc(N2C[C@@H](C(=O)Oc3cccc(N4C(=O)[C@@H]5[C@H]6CC[C@@H](C6)[C@@H]5C4=O)c3)CC2=O)c1C. The lowest BCUT2D eigenvalue weighted by molar-refractivity contribution is -0.139. The summed E-state index contributed by atoms with van der Waals surface area (Å²) in [4.78, 5) is 54.9. The maximum absolute atomic E-state index is 13.1. The molecule has 7 nitrogen and oxygen atoms in total. The third-order valence-electron chi connectivity index (χ3n) is 8.55. The molecule has 180 valence electrons. The first-order valence-corrected chi connectivity index (χ1v) is 12.4. The Kier molecular flexibility index (Phi) is 5.06. The van der Waals surface area contributed by atoms with E-state index in [0.29, 0.717) is 17.5 Å². The monoisotopic (exact) mass is 472 g/mol. The molecule has 0 unspecified atom stereocenters. The van der Waals surface area contributed by atoms with Gasteiger partial charge in [-0.1, -0.05) is 18.2 Å². The molecule has 2 saturated carbocycles. The highest BCUT2D eigenvalue weighted by atomic mass is 16.5. The van der Waals surface area contributed by atoms with Gasteiger partial charge in [-0.15, -0.1) is 0 Å². The highest BCUT2D eigenvalue weighted by Crippen LogP contribution is 2.56. The molecule has 2 aliphatic carbocycles. The molecule has 2 saturated heterocycles. The Bertz CT molecular complexity index is 1240. The standard InChI is InChI=1S/C28H28N2O5/c1-15-5-3-8-22(16(15)2)29-14-19(12-23(29)31)28(34)35-21-7-4-6-20(13-21)30-26(32)24-17-9-10-18(11-17)25(24)27(30)33/h3-8,13,17-19,24-25H,9-12,14H2,1-2H3/t17-,18-,19-,24-,25+/m0/s1. The first-order valence-electron chi connectivity index (χ1n) is 12.4. The van der Waals surface area contributed by atoms with Crippen LogP contribution in [0.2, 0.25) is 0 Å². The highest BCUT2D eigenvalue weighted by Gasteiger charge is 2.61. The smallest absolute Gasteiger partial charge is 0.316 e. The molecule has 2 aliphatic heterocycles. The quantitative estimate of drug-likeness (QED) is 0.384. The molecule has 0 spiro atoms. The van der Waals surface area contributed by atoms with Crippen molar-refractivity contribution < 1.29 is 23.9 Å². The molecule has 6 rings (SSSR count). The van der Waals surface area contributed by atoms with Gasteiger partial charge in [0.25, 0.3) is 0 Å². The topological polar surface area (TPSA) is 84.0 Å². The Hall–Kier alpha value is -3.48. The first kappa shape index (κ1) is 22.0. The van der Waals surface area contributed by atoms with Gasteiger partial charge in [0.2, 0.25) is 17.7 Å². The molecular formula is C28H28N2O5. The van der Waals surface area contributed by atoms with Crippen LogP contribution in [-0.2, 0) is 19.2 Å². The summed E-state index contributed by atoms with van der Waals surface area (Å²) < 4.78 is 5.64. The van der Waals surface area contributed by atoms with E-state index in [2.05, 4.69) is 0 Å². The second kappa shape index (κ2) is 8.04. The Balaban J connectivity index is 1.17. The molecule has 2 aromatic rings. The zero-order valence-electron chi connectivity index (χ0n) is 19.9. The highest BCUT2D eigenvalue weighted by molar-refractivity contribution is 6.22. The molecule has 4 fully saturated rings. The maximum atomic E-state index is 13.1. The van der Waals surface area contributed by atoms with Crippen LogP contribution in [0.3, 0.4) is 0 Å². The fraction of sp³-hybridized carbons (Fsp3) is 0.429. The lowest BCUT2D eigenvalue weighted by atomic mass is 9.81. The summed E-state index contributed by atoms with van der Waals surface area (Å²) in [5.74, 6) is -0.939.